The maximum atomic E-state index is 11.7. The van der Waals surface area contributed by atoms with Gasteiger partial charge in [-0.2, -0.15) is 0 Å². The molecule has 2 rings (SSSR count). The van der Waals surface area contributed by atoms with Crippen molar-refractivity contribution in [2.75, 3.05) is 20.3 Å². The summed E-state index contributed by atoms with van der Waals surface area (Å²) in [4.78, 5) is 11.7. The van der Waals surface area contributed by atoms with E-state index in [4.69, 9.17) is 14.2 Å². The van der Waals surface area contributed by atoms with Gasteiger partial charge in [0.2, 0.25) is 0 Å². The molecule has 0 fully saturated rings. The van der Waals surface area contributed by atoms with Crippen molar-refractivity contribution in [3.05, 3.63) is 60.2 Å². The number of benzene rings is 2. The lowest BCUT2D eigenvalue weighted by Crippen LogP contribution is -2.12. The largest absolute Gasteiger partial charge is 0.497 e. The monoisotopic (exact) mass is 272 g/mol. The molecule has 0 aliphatic rings. The number of para-hydroxylation sites is 1. The lowest BCUT2D eigenvalue weighted by Gasteiger charge is -2.07. The summed E-state index contributed by atoms with van der Waals surface area (Å²) in [5.41, 5.74) is 0.491. The van der Waals surface area contributed by atoms with Gasteiger partial charge in [0.05, 0.1) is 12.7 Å². The summed E-state index contributed by atoms with van der Waals surface area (Å²) >= 11 is 0. The van der Waals surface area contributed by atoms with Crippen LogP contribution in [-0.4, -0.2) is 26.3 Å². The molecular formula is C16H16O4. The van der Waals surface area contributed by atoms with Crippen LogP contribution in [0.1, 0.15) is 10.4 Å². The van der Waals surface area contributed by atoms with Crippen molar-refractivity contribution in [1.29, 1.82) is 0 Å². The van der Waals surface area contributed by atoms with E-state index in [-0.39, 0.29) is 12.6 Å². The fourth-order valence-electron chi connectivity index (χ4n) is 1.62. The minimum absolute atomic E-state index is 0.208. The average Bonchev–Trinajstić information content (AvgIpc) is 2.52. The van der Waals surface area contributed by atoms with Gasteiger partial charge in [-0.25, -0.2) is 4.79 Å². The van der Waals surface area contributed by atoms with Crippen molar-refractivity contribution in [3.8, 4) is 11.5 Å². The number of carbonyl (C=O) groups is 1. The second kappa shape index (κ2) is 7.19. The molecule has 104 valence electrons. The van der Waals surface area contributed by atoms with Crippen LogP contribution < -0.4 is 9.47 Å². The van der Waals surface area contributed by atoms with Gasteiger partial charge in [-0.1, -0.05) is 18.2 Å². The first-order chi connectivity index (χ1) is 9.79. The minimum atomic E-state index is -0.371. The molecule has 0 saturated heterocycles. The van der Waals surface area contributed by atoms with Gasteiger partial charge in [0, 0.05) is 0 Å². The minimum Gasteiger partial charge on any atom is -0.497 e. The van der Waals surface area contributed by atoms with Gasteiger partial charge in [-0.15, -0.1) is 0 Å². The first kappa shape index (κ1) is 13.9. The van der Waals surface area contributed by atoms with Crippen LogP contribution in [0.3, 0.4) is 0 Å². The van der Waals surface area contributed by atoms with E-state index < -0.39 is 0 Å². The molecule has 0 aliphatic carbocycles. The second-order valence-corrected chi connectivity index (χ2v) is 4.03. The number of hydrogen-bond acceptors (Lipinski definition) is 4. The second-order valence-electron chi connectivity index (χ2n) is 4.03. The maximum Gasteiger partial charge on any atom is 0.338 e. The quantitative estimate of drug-likeness (QED) is 0.599. The third-order valence-electron chi connectivity index (χ3n) is 2.65. The molecule has 0 N–H and O–H groups in total. The zero-order chi connectivity index (χ0) is 14.2. The van der Waals surface area contributed by atoms with E-state index in [2.05, 4.69) is 0 Å². The highest BCUT2D eigenvalue weighted by molar-refractivity contribution is 5.89. The van der Waals surface area contributed by atoms with Crippen LogP contribution in [-0.2, 0) is 4.74 Å². The zero-order valence-corrected chi connectivity index (χ0v) is 11.2. The first-order valence-electron chi connectivity index (χ1n) is 6.28. The van der Waals surface area contributed by atoms with E-state index in [1.807, 2.05) is 30.3 Å². The molecule has 0 heterocycles. The molecule has 2 aromatic rings. The molecule has 0 bridgehead atoms. The lowest BCUT2D eigenvalue weighted by atomic mass is 10.2. The third-order valence-corrected chi connectivity index (χ3v) is 2.65. The van der Waals surface area contributed by atoms with Gasteiger partial charge in [-0.3, -0.25) is 0 Å². The van der Waals surface area contributed by atoms with Crippen molar-refractivity contribution in [2.24, 2.45) is 0 Å². The predicted octanol–water partition coefficient (Wildman–Crippen LogP) is 2.93. The Kier molecular flexibility index (Phi) is 5.00. The van der Waals surface area contributed by atoms with Crippen LogP contribution in [0.5, 0.6) is 11.5 Å². The van der Waals surface area contributed by atoms with Crippen LogP contribution in [0.25, 0.3) is 0 Å². The zero-order valence-electron chi connectivity index (χ0n) is 11.2. The molecule has 2 aromatic carbocycles. The van der Waals surface area contributed by atoms with Gasteiger partial charge in [0.1, 0.15) is 24.7 Å². The number of methoxy groups -OCH3 is 1. The normalized spacial score (nSPS) is 9.85. The van der Waals surface area contributed by atoms with Crippen LogP contribution in [0, 0.1) is 0 Å². The first-order valence-corrected chi connectivity index (χ1v) is 6.28. The van der Waals surface area contributed by atoms with Gasteiger partial charge < -0.3 is 14.2 Å². The number of esters is 1. The summed E-state index contributed by atoms with van der Waals surface area (Å²) in [6.07, 6.45) is 0. The molecule has 0 unspecified atom stereocenters. The van der Waals surface area contributed by atoms with E-state index in [1.54, 1.807) is 31.4 Å². The molecule has 4 nitrogen and oxygen atoms in total. The maximum absolute atomic E-state index is 11.7. The molecule has 4 heteroatoms. The molecule has 0 amide bonds. The molecule has 0 radical (unpaired) electrons. The molecule has 0 aliphatic heterocycles. The Morgan fingerprint density at radius 2 is 1.60 bits per heavy atom. The predicted molar refractivity (Wildman–Crippen MR) is 75.2 cm³/mol. The van der Waals surface area contributed by atoms with Crippen LogP contribution in [0.15, 0.2) is 54.6 Å². The Hall–Kier alpha value is -2.49. The summed E-state index contributed by atoms with van der Waals surface area (Å²) in [5, 5.41) is 0. The summed E-state index contributed by atoms with van der Waals surface area (Å²) < 4.78 is 15.6. The standard InChI is InChI=1S/C16H16O4/c1-18-14-9-7-13(8-10-14)16(17)20-12-11-19-15-5-3-2-4-6-15/h2-10H,11-12H2,1H3. The van der Waals surface area contributed by atoms with E-state index in [0.717, 1.165) is 5.75 Å². The van der Waals surface area contributed by atoms with Crippen molar-refractivity contribution < 1.29 is 19.0 Å². The molecular weight excluding hydrogens is 256 g/mol. The summed E-state index contributed by atoms with van der Waals surface area (Å²) in [7, 11) is 1.58. The molecule has 20 heavy (non-hydrogen) atoms. The molecule has 0 aromatic heterocycles. The fraction of sp³-hybridized carbons (Fsp3) is 0.188. The highest BCUT2D eigenvalue weighted by atomic mass is 16.6. The Bertz CT molecular complexity index is 534. The number of rotatable bonds is 6. The number of hydrogen-bond donors (Lipinski definition) is 0. The van der Waals surface area contributed by atoms with Crippen molar-refractivity contribution in [2.45, 2.75) is 0 Å². The van der Waals surface area contributed by atoms with Crippen LogP contribution in [0.2, 0.25) is 0 Å². The number of carbonyl (C=O) groups excluding carboxylic acids is 1. The highest BCUT2D eigenvalue weighted by Gasteiger charge is 2.06. The van der Waals surface area contributed by atoms with Crippen LogP contribution in [0.4, 0.5) is 0 Å². The smallest absolute Gasteiger partial charge is 0.338 e. The Labute approximate surface area is 117 Å². The van der Waals surface area contributed by atoms with Crippen molar-refractivity contribution >= 4 is 5.97 Å². The van der Waals surface area contributed by atoms with E-state index in [9.17, 15) is 4.79 Å². The SMILES string of the molecule is COc1ccc(C(=O)OCCOc2ccccc2)cc1. The Balaban J connectivity index is 1.74. The summed E-state index contributed by atoms with van der Waals surface area (Å²) in [5.74, 6) is 1.09. The number of ether oxygens (including phenoxy) is 3. The van der Waals surface area contributed by atoms with Gasteiger partial charge in [0.25, 0.3) is 0 Å². The van der Waals surface area contributed by atoms with E-state index in [1.165, 1.54) is 0 Å². The molecule has 0 atom stereocenters. The summed E-state index contributed by atoms with van der Waals surface area (Å²) in [6, 6.07) is 16.2. The Morgan fingerprint density at radius 1 is 0.900 bits per heavy atom. The van der Waals surface area contributed by atoms with E-state index in [0.29, 0.717) is 17.9 Å². The lowest BCUT2D eigenvalue weighted by molar-refractivity contribution is 0.0450. The molecule has 0 spiro atoms. The van der Waals surface area contributed by atoms with Crippen LogP contribution >= 0.6 is 0 Å². The fourth-order valence-corrected chi connectivity index (χ4v) is 1.62. The van der Waals surface area contributed by atoms with Crippen molar-refractivity contribution in [1.82, 2.24) is 0 Å². The van der Waals surface area contributed by atoms with Gasteiger partial charge >= 0.3 is 5.97 Å². The van der Waals surface area contributed by atoms with Gasteiger partial charge in [-0.05, 0) is 36.4 Å². The van der Waals surface area contributed by atoms with E-state index >= 15 is 0 Å². The topological polar surface area (TPSA) is 44.8 Å². The van der Waals surface area contributed by atoms with Gasteiger partial charge in [0.15, 0.2) is 0 Å². The van der Waals surface area contributed by atoms with Crippen molar-refractivity contribution in [3.63, 3.8) is 0 Å². The Morgan fingerprint density at radius 3 is 2.25 bits per heavy atom. The molecule has 0 saturated carbocycles. The third kappa shape index (κ3) is 4.02. The summed E-state index contributed by atoms with van der Waals surface area (Å²) in [6.45, 7) is 0.533. The highest BCUT2D eigenvalue weighted by Crippen LogP contribution is 2.12. The average molecular weight is 272 g/mol.